The van der Waals surface area contributed by atoms with E-state index in [1.165, 1.54) is 4.90 Å². The third kappa shape index (κ3) is 2.49. The van der Waals surface area contributed by atoms with Gasteiger partial charge in [0.05, 0.1) is 17.8 Å². The third-order valence-electron chi connectivity index (χ3n) is 3.47. The van der Waals surface area contributed by atoms with Crippen molar-refractivity contribution in [1.82, 2.24) is 0 Å². The number of aryl methyl sites for hydroxylation is 1. The van der Waals surface area contributed by atoms with Gasteiger partial charge in [0.2, 0.25) is 0 Å². The molecule has 0 fully saturated rings. The first-order chi connectivity index (χ1) is 9.97. The summed E-state index contributed by atoms with van der Waals surface area (Å²) in [6, 6.07) is 10.9. The number of fused-ring (bicyclic) bond motifs is 1. The van der Waals surface area contributed by atoms with E-state index < -0.39 is 11.7 Å². The predicted molar refractivity (Wildman–Crippen MR) is 85.9 cm³/mol. The number of anilines is 1. The average Bonchev–Trinajstić information content (AvgIpc) is 2.66. The second-order valence-corrected chi connectivity index (χ2v) is 6.30. The van der Waals surface area contributed by atoms with Gasteiger partial charge in [-0.05, 0) is 36.8 Å². The minimum atomic E-state index is -0.505. The Morgan fingerprint density at radius 2 is 1.90 bits per heavy atom. The maximum Gasteiger partial charge on any atom is 0.299 e. The fourth-order valence-electron chi connectivity index (χ4n) is 2.39. The number of amides is 1. The summed E-state index contributed by atoms with van der Waals surface area (Å²) in [5, 5.41) is 0.560. The molecule has 0 N–H and O–H groups in total. The normalized spacial score (nSPS) is 13.8. The van der Waals surface area contributed by atoms with Crippen LogP contribution in [0.3, 0.4) is 0 Å². The molecule has 3 nitrogen and oxygen atoms in total. The van der Waals surface area contributed by atoms with Crippen molar-refractivity contribution in [2.45, 2.75) is 13.5 Å². The van der Waals surface area contributed by atoms with Gasteiger partial charge in [-0.3, -0.25) is 9.59 Å². The van der Waals surface area contributed by atoms with Crippen LogP contribution in [0, 0.1) is 6.92 Å². The Labute approximate surface area is 135 Å². The molecular weight excluding hydrogens is 354 g/mol. The maximum atomic E-state index is 12.2. The zero-order valence-electron chi connectivity index (χ0n) is 11.2. The van der Waals surface area contributed by atoms with Gasteiger partial charge in [0.15, 0.2) is 0 Å². The number of rotatable bonds is 2. The molecule has 0 aliphatic carbocycles. The van der Waals surface area contributed by atoms with Gasteiger partial charge in [0, 0.05) is 9.50 Å². The molecule has 3 rings (SSSR count). The smallest absolute Gasteiger partial charge is 0.299 e. The summed E-state index contributed by atoms with van der Waals surface area (Å²) in [4.78, 5) is 25.7. The van der Waals surface area contributed by atoms with Crippen LogP contribution in [0.2, 0.25) is 5.02 Å². The number of hydrogen-bond acceptors (Lipinski definition) is 2. The van der Waals surface area contributed by atoms with E-state index >= 15 is 0 Å². The summed E-state index contributed by atoms with van der Waals surface area (Å²) in [7, 11) is 0. The molecule has 0 atom stereocenters. The lowest BCUT2D eigenvalue weighted by molar-refractivity contribution is -0.114. The molecule has 1 heterocycles. The van der Waals surface area contributed by atoms with Gasteiger partial charge in [-0.1, -0.05) is 45.2 Å². The molecule has 1 aliphatic rings. The van der Waals surface area contributed by atoms with Crippen molar-refractivity contribution >= 4 is 44.9 Å². The second kappa shape index (κ2) is 5.28. The van der Waals surface area contributed by atoms with Crippen LogP contribution in [0.4, 0.5) is 5.69 Å². The molecule has 0 aromatic heterocycles. The van der Waals surface area contributed by atoms with Gasteiger partial charge in [-0.15, -0.1) is 0 Å². The van der Waals surface area contributed by atoms with Crippen LogP contribution in [0.15, 0.2) is 40.9 Å². The highest BCUT2D eigenvalue weighted by atomic mass is 79.9. The van der Waals surface area contributed by atoms with Crippen molar-refractivity contribution in [3.8, 4) is 0 Å². The van der Waals surface area contributed by atoms with E-state index in [9.17, 15) is 9.59 Å². The van der Waals surface area contributed by atoms with Crippen LogP contribution in [-0.4, -0.2) is 11.7 Å². The Balaban J connectivity index is 2.00. The average molecular weight is 365 g/mol. The van der Waals surface area contributed by atoms with Crippen LogP contribution >= 0.6 is 27.5 Å². The summed E-state index contributed by atoms with van der Waals surface area (Å²) >= 11 is 9.54. The van der Waals surface area contributed by atoms with Crippen molar-refractivity contribution in [3.63, 3.8) is 0 Å². The van der Waals surface area contributed by atoms with E-state index in [4.69, 9.17) is 11.6 Å². The SMILES string of the molecule is Cc1ccc2c(c1)C(=O)C(=O)N2Cc1ccc(Br)cc1Cl. The van der Waals surface area contributed by atoms with Gasteiger partial charge in [0.25, 0.3) is 11.7 Å². The van der Waals surface area contributed by atoms with E-state index in [-0.39, 0.29) is 6.54 Å². The minimum absolute atomic E-state index is 0.284. The molecule has 1 amide bonds. The number of ketones is 1. The van der Waals surface area contributed by atoms with Crippen LogP contribution in [-0.2, 0) is 11.3 Å². The van der Waals surface area contributed by atoms with E-state index in [1.54, 1.807) is 18.2 Å². The molecule has 21 heavy (non-hydrogen) atoms. The lowest BCUT2D eigenvalue weighted by Crippen LogP contribution is -2.29. The number of carbonyl (C=O) groups excluding carboxylic acids is 2. The monoisotopic (exact) mass is 363 g/mol. The molecule has 106 valence electrons. The summed E-state index contributed by atoms with van der Waals surface area (Å²) in [6.07, 6.45) is 0. The topological polar surface area (TPSA) is 37.4 Å². The first-order valence-corrected chi connectivity index (χ1v) is 7.55. The van der Waals surface area contributed by atoms with Crippen molar-refractivity contribution in [2.75, 3.05) is 4.90 Å². The molecule has 0 unspecified atom stereocenters. The summed E-state index contributed by atoms with van der Waals surface area (Å²) < 4.78 is 0.871. The number of Topliss-reactive ketones (excluding diaryl/α,β-unsaturated/α-hetero) is 1. The second-order valence-electron chi connectivity index (χ2n) is 4.98. The zero-order valence-corrected chi connectivity index (χ0v) is 13.5. The Morgan fingerprint density at radius 1 is 1.14 bits per heavy atom. The molecule has 5 heteroatoms. The Bertz CT molecular complexity index is 773. The highest BCUT2D eigenvalue weighted by molar-refractivity contribution is 9.10. The fourth-order valence-corrected chi connectivity index (χ4v) is 3.12. The summed E-state index contributed by atoms with van der Waals surface area (Å²) in [5.74, 6) is -0.962. The largest absolute Gasteiger partial charge is 0.300 e. The highest BCUT2D eigenvalue weighted by Crippen LogP contribution is 2.32. The van der Waals surface area contributed by atoms with E-state index in [2.05, 4.69) is 15.9 Å². The lowest BCUT2D eigenvalue weighted by atomic mass is 10.1. The molecular formula is C16H11BrClNO2. The predicted octanol–water partition coefficient (Wildman–Crippen LogP) is 4.14. The number of hydrogen-bond donors (Lipinski definition) is 0. The fraction of sp³-hybridized carbons (Fsp3) is 0.125. The standard InChI is InChI=1S/C16H11BrClNO2/c1-9-2-5-14-12(6-9)15(20)16(21)19(14)8-10-3-4-11(17)7-13(10)18/h2-7H,8H2,1H3. The molecule has 2 aromatic carbocycles. The van der Waals surface area contributed by atoms with Crippen LogP contribution < -0.4 is 4.90 Å². The molecule has 0 saturated carbocycles. The maximum absolute atomic E-state index is 12.2. The Morgan fingerprint density at radius 3 is 2.62 bits per heavy atom. The van der Waals surface area contributed by atoms with Gasteiger partial charge >= 0.3 is 0 Å². The Kier molecular flexibility index (Phi) is 3.59. The van der Waals surface area contributed by atoms with Crippen molar-refractivity contribution in [3.05, 3.63) is 62.6 Å². The molecule has 0 radical (unpaired) electrons. The number of halogens is 2. The zero-order chi connectivity index (χ0) is 15.1. The summed E-state index contributed by atoms with van der Waals surface area (Å²) in [5.41, 5.74) is 2.87. The Hall–Kier alpha value is -1.65. The van der Waals surface area contributed by atoms with Crippen LogP contribution in [0.25, 0.3) is 0 Å². The van der Waals surface area contributed by atoms with Gasteiger partial charge in [0.1, 0.15) is 0 Å². The number of nitrogens with zero attached hydrogens (tertiary/aromatic N) is 1. The molecule has 0 spiro atoms. The van der Waals surface area contributed by atoms with Crippen LogP contribution in [0.1, 0.15) is 21.5 Å². The lowest BCUT2D eigenvalue weighted by Gasteiger charge is -2.17. The van der Waals surface area contributed by atoms with Crippen LogP contribution in [0.5, 0.6) is 0 Å². The minimum Gasteiger partial charge on any atom is -0.300 e. The van der Waals surface area contributed by atoms with Gasteiger partial charge in [-0.2, -0.15) is 0 Å². The molecule has 1 aliphatic heterocycles. The first-order valence-electron chi connectivity index (χ1n) is 6.38. The van der Waals surface area contributed by atoms with Gasteiger partial charge < -0.3 is 4.90 Å². The van der Waals surface area contributed by atoms with E-state index in [1.807, 2.05) is 25.1 Å². The van der Waals surface area contributed by atoms with Crippen molar-refractivity contribution in [1.29, 1.82) is 0 Å². The quantitative estimate of drug-likeness (QED) is 0.751. The molecule has 0 bridgehead atoms. The molecule has 2 aromatic rings. The van der Waals surface area contributed by atoms with E-state index in [0.717, 1.165) is 15.6 Å². The number of benzene rings is 2. The molecule has 0 saturated heterocycles. The number of carbonyl (C=O) groups is 2. The van der Waals surface area contributed by atoms with Gasteiger partial charge in [-0.25, -0.2) is 0 Å². The third-order valence-corrected chi connectivity index (χ3v) is 4.32. The first kappa shape index (κ1) is 14.3. The van der Waals surface area contributed by atoms with Crippen molar-refractivity contribution in [2.24, 2.45) is 0 Å². The van der Waals surface area contributed by atoms with Crippen molar-refractivity contribution < 1.29 is 9.59 Å². The highest BCUT2D eigenvalue weighted by Gasteiger charge is 2.35. The summed E-state index contributed by atoms with van der Waals surface area (Å²) in [6.45, 7) is 2.18. The van der Waals surface area contributed by atoms with E-state index in [0.29, 0.717) is 16.3 Å².